The number of halogens is 1. The van der Waals surface area contributed by atoms with Crippen LogP contribution in [-0.2, 0) is 4.74 Å². The van der Waals surface area contributed by atoms with Crippen molar-refractivity contribution in [1.29, 1.82) is 0 Å². The number of nitrogens with zero attached hydrogens (tertiary/aromatic N) is 3. The van der Waals surface area contributed by atoms with Crippen molar-refractivity contribution in [2.75, 3.05) is 18.6 Å². The minimum absolute atomic E-state index is 0.0635. The molecule has 2 aromatic heterocycles. The van der Waals surface area contributed by atoms with Crippen LogP contribution in [0.15, 0.2) is 36.5 Å². The van der Waals surface area contributed by atoms with E-state index in [4.69, 9.17) is 11.5 Å². The van der Waals surface area contributed by atoms with E-state index in [0.29, 0.717) is 28.3 Å². The molecule has 8 heteroatoms. The van der Waals surface area contributed by atoms with Crippen molar-refractivity contribution in [1.82, 2.24) is 15.0 Å². The second kappa shape index (κ2) is 6.75. The summed E-state index contributed by atoms with van der Waals surface area (Å²) in [6.07, 6.45) is 1.59. The van der Waals surface area contributed by atoms with Gasteiger partial charge in [-0.15, -0.1) is 0 Å². The van der Waals surface area contributed by atoms with Gasteiger partial charge in [0.2, 0.25) is 5.95 Å². The normalized spacial score (nSPS) is 10.6. The lowest BCUT2D eigenvalue weighted by Gasteiger charge is -2.13. The summed E-state index contributed by atoms with van der Waals surface area (Å²) in [5.74, 6) is -1.03. The number of benzene rings is 1. The van der Waals surface area contributed by atoms with Gasteiger partial charge in [0, 0.05) is 22.9 Å². The molecule has 0 amide bonds. The summed E-state index contributed by atoms with van der Waals surface area (Å²) in [5.41, 5.74) is 14.2. The van der Waals surface area contributed by atoms with Gasteiger partial charge in [0.05, 0.1) is 24.1 Å². The molecule has 0 radical (unpaired) electrons. The molecule has 1 aromatic carbocycles. The Morgan fingerprint density at radius 3 is 2.50 bits per heavy atom. The van der Waals surface area contributed by atoms with E-state index in [2.05, 4.69) is 19.7 Å². The summed E-state index contributed by atoms with van der Waals surface area (Å²) in [6, 6.07) is 7.49. The molecule has 0 aliphatic rings. The molecular weight excluding hydrogens is 337 g/mol. The van der Waals surface area contributed by atoms with E-state index in [0.717, 1.165) is 5.56 Å². The number of aryl methyl sites for hydroxylation is 1. The minimum Gasteiger partial charge on any atom is -0.465 e. The SMILES string of the molecule is COC(=O)c1cc(-c2nc(N)nc(C)c2-c2ccc(N)nc2)ccc1F. The monoisotopic (exact) mass is 353 g/mol. The number of rotatable bonds is 3. The van der Waals surface area contributed by atoms with Crippen molar-refractivity contribution >= 4 is 17.7 Å². The lowest BCUT2D eigenvalue weighted by atomic mass is 9.98. The quantitative estimate of drug-likeness (QED) is 0.695. The minimum atomic E-state index is -0.779. The predicted molar refractivity (Wildman–Crippen MR) is 95.6 cm³/mol. The molecule has 3 aromatic rings. The third-order valence-corrected chi connectivity index (χ3v) is 3.83. The van der Waals surface area contributed by atoms with E-state index in [9.17, 15) is 9.18 Å². The highest BCUT2D eigenvalue weighted by atomic mass is 19.1. The number of pyridine rings is 1. The van der Waals surface area contributed by atoms with Crippen LogP contribution >= 0.6 is 0 Å². The van der Waals surface area contributed by atoms with Gasteiger partial charge in [-0.2, -0.15) is 0 Å². The largest absolute Gasteiger partial charge is 0.465 e. The first-order valence-corrected chi connectivity index (χ1v) is 7.65. The molecule has 0 aliphatic heterocycles. The molecule has 132 valence electrons. The Labute approximate surface area is 148 Å². The van der Waals surface area contributed by atoms with Gasteiger partial charge < -0.3 is 16.2 Å². The summed E-state index contributed by atoms with van der Waals surface area (Å²) < 4.78 is 18.6. The lowest BCUT2D eigenvalue weighted by Crippen LogP contribution is -2.06. The first-order valence-electron chi connectivity index (χ1n) is 7.65. The van der Waals surface area contributed by atoms with E-state index < -0.39 is 11.8 Å². The van der Waals surface area contributed by atoms with Crippen LogP contribution in [-0.4, -0.2) is 28.0 Å². The maximum absolute atomic E-state index is 14.0. The fourth-order valence-electron chi connectivity index (χ4n) is 2.64. The van der Waals surface area contributed by atoms with Crippen LogP contribution in [0.3, 0.4) is 0 Å². The predicted octanol–water partition coefficient (Wildman–Crippen LogP) is 2.60. The Kier molecular flexibility index (Phi) is 4.49. The van der Waals surface area contributed by atoms with Crippen LogP contribution in [0.2, 0.25) is 0 Å². The van der Waals surface area contributed by atoms with Gasteiger partial charge in [0.25, 0.3) is 0 Å². The number of esters is 1. The number of carbonyl (C=O) groups excluding carboxylic acids is 1. The Morgan fingerprint density at radius 2 is 1.85 bits per heavy atom. The number of nitrogen functional groups attached to an aromatic ring is 2. The van der Waals surface area contributed by atoms with Crippen molar-refractivity contribution < 1.29 is 13.9 Å². The zero-order valence-electron chi connectivity index (χ0n) is 14.2. The maximum Gasteiger partial charge on any atom is 0.340 e. The van der Waals surface area contributed by atoms with Gasteiger partial charge >= 0.3 is 5.97 Å². The summed E-state index contributed by atoms with van der Waals surface area (Å²) in [6.45, 7) is 1.78. The first kappa shape index (κ1) is 17.3. The van der Waals surface area contributed by atoms with Gasteiger partial charge in [-0.25, -0.2) is 24.1 Å². The van der Waals surface area contributed by atoms with Gasteiger partial charge in [-0.3, -0.25) is 0 Å². The highest BCUT2D eigenvalue weighted by Gasteiger charge is 2.19. The molecule has 0 fully saturated rings. The third-order valence-electron chi connectivity index (χ3n) is 3.83. The van der Waals surface area contributed by atoms with Gasteiger partial charge in [0.15, 0.2) is 0 Å². The zero-order valence-corrected chi connectivity index (χ0v) is 14.2. The standard InChI is InChI=1S/C18H16FN5O2/c1-9-15(11-4-6-14(20)22-8-11)16(24-18(21)23-9)10-3-5-13(19)12(7-10)17(25)26-2/h3-8H,1-2H3,(H2,20,22)(H2,21,23,24). The molecule has 0 bridgehead atoms. The van der Waals surface area contributed by atoms with Crippen molar-refractivity contribution in [2.45, 2.75) is 6.92 Å². The maximum atomic E-state index is 14.0. The van der Waals surface area contributed by atoms with Crippen molar-refractivity contribution in [3.8, 4) is 22.4 Å². The second-order valence-corrected chi connectivity index (χ2v) is 5.55. The number of ether oxygens (including phenoxy) is 1. The first-order chi connectivity index (χ1) is 12.4. The molecule has 26 heavy (non-hydrogen) atoms. The van der Waals surface area contributed by atoms with Gasteiger partial charge in [-0.1, -0.05) is 0 Å². The van der Waals surface area contributed by atoms with Crippen LogP contribution in [0.1, 0.15) is 16.1 Å². The van der Waals surface area contributed by atoms with E-state index in [1.807, 2.05) is 0 Å². The Bertz CT molecular complexity index is 990. The number of methoxy groups -OCH3 is 1. The number of nitrogens with two attached hydrogens (primary N) is 2. The Balaban J connectivity index is 2.25. The smallest absolute Gasteiger partial charge is 0.340 e. The number of hydrogen-bond donors (Lipinski definition) is 2. The van der Waals surface area contributed by atoms with Crippen LogP contribution in [0.25, 0.3) is 22.4 Å². The molecule has 3 rings (SSSR count). The molecule has 4 N–H and O–H groups in total. The Morgan fingerprint density at radius 1 is 1.12 bits per heavy atom. The number of hydrogen-bond acceptors (Lipinski definition) is 7. The number of aromatic nitrogens is 3. The molecular formula is C18H16FN5O2. The molecule has 0 aliphatic carbocycles. The van der Waals surface area contributed by atoms with E-state index in [1.54, 1.807) is 25.3 Å². The molecule has 0 saturated carbocycles. The summed E-state index contributed by atoms with van der Waals surface area (Å²) >= 11 is 0. The topological polar surface area (TPSA) is 117 Å². The van der Waals surface area contributed by atoms with Crippen LogP contribution in [0.5, 0.6) is 0 Å². The van der Waals surface area contributed by atoms with E-state index in [-0.39, 0.29) is 11.5 Å². The lowest BCUT2D eigenvalue weighted by molar-refractivity contribution is 0.0595. The second-order valence-electron chi connectivity index (χ2n) is 5.55. The summed E-state index contributed by atoms with van der Waals surface area (Å²) in [7, 11) is 1.19. The van der Waals surface area contributed by atoms with Crippen molar-refractivity contribution in [2.24, 2.45) is 0 Å². The molecule has 0 spiro atoms. The fraction of sp³-hybridized carbons (Fsp3) is 0.111. The van der Waals surface area contributed by atoms with Crippen molar-refractivity contribution in [3.05, 3.63) is 53.6 Å². The van der Waals surface area contributed by atoms with Crippen LogP contribution in [0, 0.1) is 12.7 Å². The highest BCUT2D eigenvalue weighted by molar-refractivity contribution is 5.92. The van der Waals surface area contributed by atoms with Crippen molar-refractivity contribution in [3.63, 3.8) is 0 Å². The molecule has 7 nitrogen and oxygen atoms in total. The zero-order chi connectivity index (χ0) is 18.8. The summed E-state index contributed by atoms with van der Waals surface area (Å²) in [4.78, 5) is 24.4. The average molecular weight is 353 g/mol. The fourth-order valence-corrected chi connectivity index (χ4v) is 2.64. The molecule has 2 heterocycles. The molecule has 0 unspecified atom stereocenters. The van der Waals surface area contributed by atoms with Crippen LogP contribution in [0.4, 0.5) is 16.2 Å². The van der Waals surface area contributed by atoms with Crippen LogP contribution < -0.4 is 11.5 Å². The highest BCUT2D eigenvalue weighted by Crippen LogP contribution is 2.34. The summed E-state index contributed by atoms with van der Waals surface area (Å²) in [5, 5.41) is 0. The van der Waals surface area contributed by atoms with Gasteiger partial charge in [-0.05, 0) is 37.3 Å². The van der Waals surface area contributed by atoms with Gasteiger partial charge in [0.1, 0.15) is 11.6 Å². The molecule has 0 atom stereocenters. The molecule has 0 saturated heterocycles. The Hall–Kier alpha value is -3.55. The van der Waals surface area contributed by atoms with E-state index >= 15 is 0 Å². The third kappa shape index (κ3) is 3.16. The average Bonchev–Trinajstić information content (AvgIpc) is 2.62. The number of anilines is 2. The van der Waals surface area contributed by atoms with E-state index in [1.165, 1.54) is 25.3 Å². The number of carbonyl (C=O) groups is 1.